The topological polar surface area (TPSA) is 55.5 Å². The highest BCUT2D eigenvalue weighted by atomic mass is 19.1. The van der Waals surface area contributed by atoms with E-state index in [0.29, 0.717) is 13.0 Å². The van der Waals surface area contributed by atoms with Gasteiger partial charge in [-0.05, 0) is 38.0 Å². The van der Waals surface area contributed by atoms with Crippen LogP contribution >= 0.6 is 0 Å². The monoisotopic (exact) mass is 255 g/mol. The average Bonchev–Trinajstić information content (AvgIpc) is 2.35. The number of hydrogen-bond donors (Lipinski definition) is 2. The summed E-state index contributed by atoms with van der Waals surface area (Å²) in [6.45, 7) is 4.53. The third kappa shape index (κ3) is 3.77. The Labute approximate surface area is 108 Å². The molecule has 1 aromatic rings. The fraction of sp³-hybridized carbons (Fsp3) is 0.571. The van der Waals surface area contributed by atoms with Crippen molar-refractivity contribution >= 4 is 0 Å². The van der Waals surface area contributed by atoms with Crippen LogP contribution in [0.25, 0.3) is 0 Å². The maximum Gasteiger partial charge on any atom is 0.123 e. The van der Waals surface area contributed by atoms with E-state index in [0.717, 1.165) is 5.56 Å². The molecule has 0 aliphatic rings. The van der Waals surface area contributed by atoms with E-state index in [1.807, 2.05) is 13.8 Å². The van der Waals surface area contributed by atoms with E-state index in [2.05, 4.69) is 0 Å². The maximum atomic E-state index is 13.3. The average molecular weight is 255 g/mol. The molecule has 1 aromatic carbocycles. The summed E-state index contributed by atoms with van der Waals surface area (Å²) in [4.78, 5) is 0. The summed E-state index contributed by atoms with van der Waals surface area (Å²) in [5, 5.41) is 9.63. The van der Waals surface area contributed by atoms with Crippen LogP contribution < -0.4 is 5.73 Å². The Bertz CT molecular complexity index is 365. The Hall–Kier alpha value is -0.970. The fourth-order valence-electron chi connectivity index (χ4n) is 1.91. The van der Waals surface area contributed by atoms with Crippen molar-refractivity contribution in [3.8, 4) is 0 Å². The summed E-state index contributed by atoms with van der Waals surface area (Å²) in [7, 11) is 0. The molecule has 0 amide bonds. The first-order chi connectivity index (χ1) is 8.54. The van der Waals surface area contributed by atoms with Crippen molar-refractivity contribution < 1.29 is 14.2 Å². The molecule has 3 N–H and O–H groups in total. The van der Waals surface area contributed by atoms with Gasteiger partial charge in [-0.25, -0.2) is 4.39 Å². The second-order valence-corrected chi connectivity index (χ2v) is 4.82. The van der Waals surface area contributed by atoms with E-state index < -0.39 is 5.41 Å². The molecule has 0 spiro atoms. The SMILES string of the molecule is CC(C)OCCC(CN)(CO)c1cccc(F)c1. The van der Waals surface area contributed by atoms with Crippen LogP contribution in [0.4, 0.5) is 4.39 Å². The van der Waals surface area contributed by atoms with Gasteiger partial charge in [0.05, 0.1) is 12.7 Å². The number of nitrogens with two attached hydrogens (primary N) is 1. The van der Waals surface area contributed by atoms with Crippen LogP contribution in [0.2, 0.25) is 0 Å². The Balaban J connectivity index is 2.85. The summed E-state index contributed by atoms with van der Waals surface area (Å²) in [6, 6.07) is 6.24. The molecule has 0 aromatic heterocycles. The molecule has 1 unspecified atom stereocenters. The van der Waals surface area contributed by atoms with Gasteiger partial charge >= 0.3 is 0 Å². The molecular weight excluding hydrogens is 233 g/mol. The second-order valence-electron chi connectivity index (χ2n) is 4.82. The van der Waals surface area contributed by atoms with E-state index >= 15 is 0 Å². The van der Waals surface area contributed by atoms with Crippen molar-refractivity contribution in [3.05, 3.63) is 35.6 Å². The summed E-state index contributed by atoms with van der Waals surface area (Å²) >= 11 is 0. The minimum atomic E-state index is -0.628. The molecule has 3 nitrogen and oxygen atoms in total. The molecule has 0 saturated heterocycles. The summed E-state index contributed by atoms with van der Waals surface area (Å²) in [5.74, 6) is -0.316. The second kappa shape index (κ2) is 6.83. The first-order valence-corrected chi connectivity index (χ1v) is 6.22. The van der Waals surface area contributed by atoms with Crippen LogP contribution in [0.3, 0.4) is 0 Å². The van der Waals surface area contributed by atoms with E-state index in [9.17, 15) is 9.50 Å². The van der Waals surface area contributed by atoms with Crippen LogP contribution in [0.5, 0.6) is 0 Å². The minimum Gasteiger partial charge on any atom is -0.395 e. The van der Waals surface area contributed by atoms with Crippen LogP contribution in [0.15, 0.2) is 24.3 Å². The Morgan fingerprint density at radius 1 is 1.44 bits per heavy atom. The Morgan fingerprint density at radius 3 is 2.67 bits per heavy atom. The molecule has 0 aliphatic carbocycles. The van der Waals surface area contributed by atoms with Crippen LogP contribution in [0.1, 0.15) is 25.8 Å². The lowest BCUT2D eigenvalue weighted by molar-refractivity contribution is 0.0544. The van der Waals surface area contributed by atoms with Crippen molar-refractivity contribution in [1.82, 2.24) is 0 Å². The number of aliphatic hydroxyl groups is 1. The number of benzene rings is 1. The maximum absolute atomic E-state index is 13.3. The molecule has 1 atom stereocenters. The summed E-state index contributed by atoms with van der Waals surface area (Å²) in [6.07, 6.45) is 0.702. The zero-order valence-electron chi connectivity index (χ0n) is 11.0. The predicted molar refractivity (Wildman–Crippen MR) is 69.9 cm³/mol. The highest BCUT2D eigenvalue weighted by Crippen LogP contribution is 2.27. The molecule has 0 heterocycles. The third-order valence-electron chi connectivity index (χ3n) is 3.16. The zero-order valence-corrected chi connectivity index (χ0v) is 11.0. The minimum absolute atomic E-state index is 0.117. The number of rotatable bonds is 7. The number of ether oxygens (including phenoxy) is 1. The lowest BCUT2D eigenvalue weighted by Gasteiger charge is -2.31. The largest absolute Gasteiger partial charge is 0.395 e. The number of aliphatic hydroxyl groups excluding tert-OH is 1. The van der Waals surface area contributed by atoms with Crippen molar-refractivity contribution in [2.24, 2.45) is 5.73 Å². The van der Waals surface area contributed by atoms with Crippen molar-refractivity contribution in [3.63, 3.8) is 0 Å². The highest BCUT2D eigenvalue weighted by Gasteiger charge is 2.30. The van der Waals surface area contributed by atoms with Crippen LogP contribution in [-0.4, -0.2) is 31.0 Å². The van der Waals surface area contributed by atoms with E-state index in [1.54, 1.807) is 12.1 Å². The van der Waals surface area contributed by atoms with E-state index in [-0.39, 0.29) is 25.1 Å². The van der Waals surface area contributed by atoms with Crippen LogP contribution in [-0.2, 0) is 10.2 Å². The smallest absolute Gasteiger partial charge is 0.123 e. The first-order valence-electron chi connectivity index (χ1n) is 6.22. The van der Waals surface area contributed by atoms with Crippen LogP contribution in [0, 0.1) is 5.82 Å². The highest BCUT2D eigenvalue weighted by molar-refractivity contribution is 5.27. The van der Waals surface area contributed by atoms with Gasteiger partial charge in [0.15, 0.2) is 0 Å². The molecule has 4 heteroatoms. The van der Waals surface area contributed by atoms with Gasteiger partial charge in [0.2, 0.25) is 0 Å². The first kappa shape index (κ1) is 15.1. The van der Waals surface area contributed by atoms with Gasteiger partial charge < -0.3 is 15.6 Å². The molecule has 0 aliphatic heterocycles. The molecular formula is C14H22FNO2. The lowest BCUT2D eigenvalue weighted by atomic mass is 9.78. The van der Waals surface area contributed by atoms with Gasteiger partial charge in [-0.2, -0.15) is 0 Å². The molecule has 18 heavy (non-hydrogen) atoms. The number of hydrogen-bond acceptors (Lipinski definition) is 3. The van der Waals surface area contributed by atoms with Gasteiger partial charge in [-0.3, -0.25) is 0 Å². The molecule has 102 valence electrons. The normalized spacial score (nSPS) is 14.8. The Morgan fingerprint density at radius 2 is 2.17 bits per heavy atom. The van der Waals surface area contributed by atoms with Crippen molar-refractivity contribution in [2.75, 3.05) is 19.8 Å². The van der Waals surface area contributed by atoms with Gasteiger partial charge in [0.25, 0.3) is 0 Å². The third-order valence-corrected chi connectivity index (χ3v) is 3.16. The van der Waals surface area contributed by atoms with Gasteiger partial charge in [-0.1, -0.05) is 12.1 Å². The summed E-state index contributed by atoms with van der Waals surface area (Å²) in [5.41, 5.74) is 5.87. The van der Waals surface area contributed by atoms with Crippen molar-refractivity contribution in [1.29, 1.82) is 0 Å². The quantitative estimate of drug-likeness (QED) is 0.781. The Kier molecular flexibility index (Phi) is 5.72. The molecule has 1 rings (SSSR count). The molecule has 0 radical (unpaired) electrons. The fourth-order valence-corrected chi connectivity index (χ4v) is 1.91. The van der Waals surface area contributed by atoms with E-state index in [1.165, 1.54) is 12.1 Å². The number of halogens is 1. The van der Waals surface area contributed by atoms with Gasteiger partial charge in [0.1, 0.15) is 5.82 Å². The molecule has 0 fully saturated rings. The predicted octanol–water partition coefficient (Wildman–Crippen LogP) is 1.83. The molecule has 0 saturated carbocycles. The molecule has 0 bridgehead atoms. The van der Waals surface area contributed by atoms with Gasteiger partial charge in [0, 0.05) is 18.6 Å². The van der Waals surface area contributed by atoms with E-state index in [4.69, 9.17) is 10.5 Å². The van der Waals surface area contributed by atoms with Crippen molar-refractivity contribution in [2.45, 2.75) is 31.8 Å². The summed E-state index contributed by atoms with van der Waals surface area (Å²) < 4.78 is 18.8. The lowest BCUT2D eigenvalue weighted by Crippen LogP contribution is -2.40. The van der Waals surface area contributed by atoms with Gasteiger partial charge in [-0.15, -0.1) is 0 Å². The standard InChI is InChI=1S/C14H22FNO2/c1-11(2)18-7-6-14(9-16,10-17)12-4-3-5-13(15)8-12/h3-5,8,11,17H,6-7,9-10,16H2,1-2H3. The zero-order chi connectivity index (χ0) is 13.6.